The largest absolute Gasteiger partial charge is 0.465 e. The molecule has 3 N–H and O–H groups in total. The Morgan fingerprint density at radius 1 is 1.07 bits per heavy atom. The summed E-state index contributed by atoms with van der Waals surface area (Å²) in [7, 11) is 0. The van der Waals surface area contributed by atoms with Crippen LogP contribution in [0.1, 0.15) is 6.42 Å². The number of carboxylic acid groups (broad SMARTS) is 1. The normalized spacial score (nSPS) is 15.7. The number of nitrogens with one attached hydrogen (secondary N) is 2. The van der Waals surface area contributed by atoms with Gasteiger partial charge >= 0.3 is 6.09 Å². The molecule has 0 unspecified atom stereocenters. The van der Waals surface area contributed by atoms with E-state index in [9.17, 15) is 4.79 Å². The van der Waals surface area contributed by atoms with Gasteiger partial charge in [0.1, 0.15) is 17.3 Å². The van der Waals surface area contributed by atoms with Gasteiger partial charge in [-0.25, -0.2) is 14.8 Å². The maximum Gasteiger partial charge on any atom is 0.404 e. The molecule has 8 nitrogen and oxygen atoms in total. The Labute approximate surface area is 168 Å². The Hall–Kier alpha value is -3.81. The molecule has 4 rings (SSSR count). The van der Waals surface area contributed by atoms with Crippen LogP contribution in [-0.2, 0) is 0 Å². The van der Waals surface area contributed by atoms with Crippen molar-refractivity contribution in [2.24, 2.45) is 0 Å². The van der Waals surface area contributed by atoms with Crippen LogP contribution in [0.5, 0.6) is 11.6 Å². The number of amides is 1. The van der Waals surface area contributed by atoms with E-state index in [0.717, 1.165) is 30.2 Å². The second kappa shape index (κ2) is 8.47. The molecule has 1 fully saturated rings. The van der Waals surface area contributed by atoms with E-state index in [4.69, 9.17) is 9.84 Å². The summed E-state index contributed by atoms with van der Waals surface area (Å²) >= 11 is 0. The zero-order valence-electron chi connectivity index (χ0n) is 15.7. The van der Waals surface area contributed by atoms with Crippen molar-refractivity contribution in [1.82, 2.24) is 15.3 Å². The predicted molar refractivity (Wildman–Crippen MR) is 110 cm³/mol. The third kappa shape index (κ3) is 4.73. The number of hydrogen-bond donors (Lipinski definition) is 3. The molecule has 1 aromatic carbocycles. The fourth-order valence-corrected chi connectivity index (χ4v) is 3.28. The predicted octanol–water partition coefficient (Wildman–Crippen LogP) is 3.86. The van der Waals surface area contributed by atoms with Crippen LogP contribution < -0.4 is 20.3 Å². The monoisotopic (exact) mass is 391 g/mol. The summed E-state index contributed by atoms with van der Waals surface area (Å²) in [5.74, 6) is 1.93. The first-order chi connectivity index (χ1) is 14.2. The Morgan fingerprint density at radius 2 is 1.90 bits per heavy atom. The zero-order valence-corrected chi connectivity index (χ0v) is 15.7. The van der Waals surface area contributed by atoms with Crippen molar-refractivity contribution < 1.29 is 14.6 Å². The summed E-state index contributed by atoms with van der Waals surface area (Å²) < 4.78 is 6.01. The Kier molecular flexibility index (Phi) is 5.42. The molecule has 3 aromatic rings. The molecular formula is C21H21N5O3. The molecule has 3 heterocycles. The summed E-state index contributed by atoms with van der Waals surface area (Å²) in [6.07, 6.45) is 3.16. The fourth-order valence-electron chi connectivity index (χ4n) is 3.28. The maximum atomic E-state index is 10.9. The number of ether oxygens (including phenoxy) is 1. The van der Waals surface area contributed by atoms with Crippen molar-refractivity contribution in [2.75, 3.05) is 23.3 Å². The van der Waals surface area contributed by atoms with E-state index in [0.29, 0.717) is 18.2 Å². The van der Waals surface area contributed by atoms with Crippen molar-refractivity contribution in [2.45, 2.75) is 12.5 Å². The van der Waals surface area contributed by atoms with Crippen LogP contribution in [0.3, 0.4) is 0 Å². The molecule has 0 radical (unpaired) electrons. The van der Waals surface area contributed by atoms with Gasteiger partial charge in [-0.05, 0) is 55.0 Å². The van der Waals surface area contributed by atoms with Gasteiger partial charge in [-0.2, -0.15) is 0 Å². The minimum absolute atomic E-state index is 0.0995. The highest BCUT2D eigenvalue weighted by Crippen LogP contribution is 2.32. The molecule has 1 aliphatic heterocycles. The second-order valence-corrected chi connectivity index (χ2v) is 6.68. The number of rotatable bonds is 6. The first kappa shape index (κ1) is 18.5. The van der Waals surface area contributed by atoms with Crippen molar-refractivity contribution in [3.63, 3.8) is 0 Å². The molecule has 8 heteroatoms. The van der Waals surface area contributed by atoms with Gasteiger partial charge in [0, 0.05) is 31.2 Å². The number of benzene rings is 1. The molecule has 0 saturated carbocycles. The van der Waals surface area contributed by atoms with Gasteiger partial charge in [0.05, 0.1) is 6.04 Å². The smallest absolute Gasteiger partial charge is 0.404 e. The van der Waals surface area contributed by atoms with Crippen LogP contribution in [0.4, 0.5) is 22.0 Å². The van der Waals surface area contributed by atoms with Gasteiger partial charge in [-0.3, -0.25) is 0 Å². The highest BCUT2D eigenvalue weighted by Gasteiger charge is 2.26. The summed E-state index contributed by atoms with van der Waals surface area (Å²) in [5, 5.41) is 14.7. The Morgan fingerprint density at radius 3 is 2.66 bits per heavy atom. The van der Waals surface area contributed by atoms with E-state index < -0.39 is 6.09 Å². The summed E-state index contributed by atoms with van der Waals surface area (Å²) in [4.78, 5) is 21.6. The lowest BCUT2D eigenvalue weighted by atomic mass is 10.3. The van der Waals surface area contributed by atoms with E-state index in [1.54, 1.807) is 12.4 Å². The molecule has 0 bridgehead atoms. The number of pyridine rings is 2. The molecule has 1 aliphatic rings. The third-order valence-electron chi connectivity index (χ3n) is 4.61. The van der Waals surface area contributed by atoms with Gasteiger partial charge < -0.3 is 25.4 Å². The van der Waals surface area contributed by atoms with E-state index in [2.05, 4.69) is 25.5 Å². The first-order valence-electron chi connectivity index (χ1n) is 9.33. The van der Waals surface area contributed by atoms with Gasteiger partial charge in [0.15, 0.2) is 0 Å². The molecule has 2 aromatic heterocycles. The summed E-state index contributed by atoms with van der Waals surface area (Å²) in [6, 6.07) is 16.9. The average Bonchev–Trinajstić information content (AvgIpc) is 3.18. The topological polar surface area (TPSA) is 99.6 Å². The van der Waals surface area contributed by atoms with E-state index in [1.165, 1.54) is 0 Å². The lowest BCUT2D eigenvalue weighted by molar-refractivity contribution is 0.191. The van der Waals surface area contributed by atoms with Crippen LogP contribution >= 0.6 is 0 Å². The Bertz CT molecular complexity index is 966. The van der Waals surface area contributed by atoms with Crippen LogP contribution in [0.25, 0.3) is 0 Å². The van der Waals surface area contributed by atoms with Gasteiger partial charge in [0.2, 0.25) is 5.88 Å². The van der Waals surface area contributed by atoms with Crippen molar-refractivity contribution >= 4 is 23.3 Å². The lowest BCUT2D eigenvalue weighted by Crippen LogP contribution is -2.36. The van der Waals surface area contributed by atoms with E-state index in [-0.39, 0.29) is 6.04 Å². The molecule has 1 amide bonds. The zero-order chi connectivity index (χ0) is 20.1. The van der Waals surface area contributed by atoms with Gasteiger partial charge in [-0.1, -0.05) is 6.07 Å². The van der Waals surface area contributed by atoms with Crippen molar-refractivity contribution in [3.8, 4) is 11.6 Å². The second-order valence-electron chi connectivity index (χ2n) is 6.68. The molecule has 1 saturated heterocycles. The third-order valence-corrected chi connectivity index (χ3v) is 4.61. The molecule has 1 atom stereocenters. The molecule has 0 spiro atoms. The average molecular weight is 391 g/mol. The van der Waals surface area contributed by atoms with Crippen LogP contribution in [-0.4, -0.2) is 40.3 Å². The van der Waals surface area contributed by atoms with Crippen LogP contribution in [0.2, 0.25) is 0 Å². The first-order valence-corrected chi connectivity index (χ1v) is 9.33. The fraction of sp³-hybridized carbons (Fsp3) is 0.190. The van der Waals surface area contributed by atoms with Crippen LogP contribution in [0, 0.1) is 0 Å². The van der Waals surface area contributed by atoms with Crippen molar-refractivity contribution in [3.05, 3.63) is 67.0 Å². The highest BCUT2D eigenvalue weighted by atomic mass is 16.5. The number of nitrogens with zero attached hydrogens (tertiary/aromatic N) is 3. The minimum Gasteiger partial charge on any atom is -0.465 e. The maximum absolute atomic E-state index is 10.9. The number of carbonyl (C=O) groups is 1. The standard InChI is InChI=1S/C21H21N5O3/c27-21(28)25-16-10-13-26(14-16)18-4-3-12-23-20(18)29-17-8-6-15(7-9-17)24-19-5-1-2-11-22-19/h1-9,11-12,16,25H,10,13-14H2,(H,22,24)(H,27,28)/t16-/m1/s1. The van der Waals surface area contributed by atoms with Crippen molar-refractivity contribution in [1.29, 1.82) is 0 Å². The minimum atomic E-state index is -1.00. The number of hydrogen-bond acceptors (Lipinski definition) is 6. The number of anilines is 3. The van der Waals surface area contributed by atoms with Gasteiger partial charge in [0.25, 0.3) is 0 Å². The molecule has 148 valence electrons. The highest BCUT2D eigenvalue weighted by molar-refractivity contribution is 5.65. The molecule has 0 aliphatic carbocycles. The lowest BCUT2D eigenvalue weighted by Gasteiger charge is -2.21. The molecular weight excluding hydrogens is 370 g/mol. The van der Waals surface area contributed by atoms with E-state index >= 15 is 0 Å². The Balaban J connectivity index is 1.44. The van der Waals surface area contributed by atoms with Crippen LogP contribution in [0.15, 0.2) is 67.0 Å². The number of aromatic nitrogens is 2. The van der Waals surface area contributed by atoms with E-state index in [1.807, 2.05) is 54.6 Å². The summed E-state index contributed by atoms with van der Waals surface area (Å²) in [5.41, 5.74) is 1.75. The summed E-state index contributed by atoms with van der Waals surface area (Å²) in [6.45, 7) is 1.32. The molecule has 29 heavy (non-hydrogen) atoms. The quantitative estimate of drug-likeness (QED) is 0.587. The SMILES string of the molecule is O=C(O)N[C@@H]1CCN(c2cccnc2Oc2ccc(Nc3ccccn3)cc2)C1. The van der Waals surface area contributed by atoms with Gasteiger partial charge in [-0.15, -0.1) is 0 Å².